The molecule has 0 fully saturated rings. The summed E-state index contributed by atoms with van der Waals surface area (Å²) in [7, 11) is 0. The molecule has 0 atom stereocenters. The zero-order chi connectivity index (χ0) is 23.5. The third-order valence-corrected chi connectivity index (χ3v) is 5.30. The van der Waals surface area contributed by atoms with E-state index in [-0.39, 0.29) is 17.6 Å². The fourth-order valence-corrected chi connectivity index (χ4v) is 3.93. The highest BCUT2D eigenvalue weighted by Gasteiger charge is 2.12. The highest BCUT2D eigenvalue weighted by molar-refractivity contribution is 7.80. The number of carbonyl (C=O) groups excluding carboxylic acids is 1. The van der Waals surface area contributed by atoms with Crippen molar-refractivity contribution in [3.05, 3.63) is 76.3 Å². The van der Waals surface area contributed by atoms with Gasteiger partial charge in [-0.25, -0.2) is 4.98 Å². The number of rotatable bonds is 5. The van der Waals surface area contributed by atoms with Gasteiger partial charge >= 0.3 is 0 Å². The van der Waals surface area contributed by atoms with Gasteiger partial charge in [-0.3, -0.25) is 10.1 Å². The summed E-state index contributed by atoms with van der Waals surface area (Å²) in [5.41, 5.74) is 6.09. The number of hydrogen-bond acceptors (Lipinski definition) is 5. The van der Waals surface area contributed by atoms with Crippen LogP contribution < -0.4 is 15.4 Å². The number of halogens is 1. The Labute approximate surface area is 201 Å². The minimum Gasteiger partial charge on any atom is -0.483 e. The third-order valence-electron chi connectivity index (χ3n) is 4.86. The molecule has 33 heavy (non-hydrogen) atoms. The van der Waals surface area contributed by atoms with Crippen LogP contribution in [-0.2, 0) is 4.79 Å². The molecule has 1 heterocycles. The Balaban J connectivity index is 1.38. The number of aryl methyl sites for hydroxylation is 3. The van der Waals surface area contributed by atoms with Crippen molar-refractivity contribution >= 4 is 51.6 Å². The van der Waals surface area contributed by atoms with E-state index in [0.717, 1.165) is 22.3 Å². The summed E-state index contributed by atoms with van der Waals surface area (Å²) in [6.07, 6.45) is 0. The molecular formula is C25H22ClN3O3S. The molecule has 0 aliphatic heterocycles. The van der Waals surface area contributed by atoms with Crippen molar-refractivity contribution in [1.29, 1.82) is 0 Å². The number of thiocarbonyl (C=S) groups is 1. The number of ether oxygens (including phenoxy) is 1. The van der Waals surface area contributed by atoms with Crippen LogP contribution in [0.2, 0.25) is 5.02 Å². The van der Waals surface area contributed by atoms with E-state index in [1.807, 2.05) is 51.1 Å². The van der Waals surface area contributed by atoms with E-state index in [1.165, 1.54) is 0 Å². The smallest absolute Gasteiger partial charge is 0.264 e. The summed E-state index contributed by atoms with van der Waals surface area (Å²) >= 11 is 11.2. The summed E-state index contributed by atoms with van der Waals surface area (Å²) in [4.78, 5) is 16.8. The first-order valence-corrected chi connectivity index (χ1v) is 11.0. The molecule has 0 radical (unpaired) electrons. The first-order valence-electron chi connectivity index (χ1n) is 10.3. The fourth-order valence-electron chi connectivity index (χ4n) is 3.47. The van der Waals surface area contributed by atoms with Gasteiger partial charge in [-0.05, 0) is 87.1 Å². The molecule has 0 aliphatic rings. The second kappa shape index (κ2) is 9.60. The monoisotopic (exact) mass is 479 g/mol. The van der Waals surface area contributed by atoms with E-state index in [0.29, 0.717) is 33.4 Å². The second-order valence-electron chi connectivity index (χ2n) is 7.78. The average molecular weight is 480 g/mol. The molecule has 0 unspecified atom stereocenters. The Bertz CT molecular complexity index is 1350. The summed E-state index contributed by atoms with van der Waals surface area (Å²) < 4.78 is 11.5. The molecule has 8 heteroatoms. The number of nitrogens with one attached hydrogen (secondary N) is 2. The molecular weight excluding hydrogens is 458 g/mol. The number of aromatic nitrogens is 1. The van der Waals surface area contributed by atoms with Gasteiger partial charge in [-0.2, -0.15) is 0 Å². The molecule has 0 spiro atoms. The number of anilines is 1. The van der Waals surface area contributed by atoms with Gasteiger partial charge in [0.15, 0.2) is 17.3 Å². The Hall–Kier alpha value is -3.42. The van der Waals surface area contributed by atoms with E-state index in [4.69, 9.17) is 33.0 Å². The zero-order valence-corrected chi connectivity index (χ0v) is 19.9. The number of oxazole rings is 1. The quantitative estimate of drug-likeness (QED) is 0.344. The lowest BCUT2D eigenvalue weighted by molar-refractivity contribution is -0.121. The van der Waals surface area contributed by atoms with Crippen molar-refractivity contribution in [2.75, 3.05) is 11.9 Å². The van der Waals surface area contributed by atoms with Gasteiger partial charge in [0.25, 0.3) is 5.91 Å². The minimum atomic E-state index is -0.374. The molecule has 0 saturated carbocycles. The van der Waals surface area contributed by atoms with Gasteiger partial charge in [0.2, 0.25) is 5.89 Å². The molecule has 0 bridgehead atoms. The van der Waals surface area contributed by atoms with Crippen LogP contribution >= 0.6 is 23.8 Å². The Morgan fingerprint density at radius 3 is 2.55 bits per heavy atom. The molecule has 0 saturated heterocycles. The van der Waals surface area contributed by atoms with Crippen molar-refractivity contribution in [3.8, 4) is 17.2 Å². The topological polar surface area (TPSA) is 76.4 Å². The fraction of sp³-hybridized carbons (Fsp3) is 0.160. The molecule has 2 N–H and O–H groups in total. The SMILES string of the molecule is Cc1cc(C)cc(-c2nc3cc(NC(=S)NC(=O)COc4ccc(Cl)cc4C)ccc3o2)c1. The van der Waals surface area contributed by atoms with E-state index in [1.54, 1.807) is 18.2 Å². The average Bonchev–Trinajstić information content (AvgIpc) is 3.16. The summed E-state index contributed by atoms with van der Waals surface area (Å²) in [6.45, 7) is 5.76. The first kappa shape index (κ1) is 22.8. The van der Waals surface area contributed by atoms with Crippen LogP contribution in [0.5, 0.6) is 5.75 Å². The van der Waals surface area contributed by atoms with E-state index >= 15 is 0 Å². The second-order valence-corrected chi connectivity index (χ2v) is 8.62. The largest absolute Gasteiger partial charge is 0.483 e. The predicted octanol–water partition coefficient (Wildman–Crippen LogP) is 5.97. The highest BCUT2D eigenvalue weighted by Crippen LogP contribution is 2.27. The lowest BCUT2D eigenvalue weighted by Crippen LogP contribution is -2.37. The van der Waals surface area contributed by atoms with Crippen molar-refractivity contribution in [2.45, 2.75) is 20.8 Å². The summed E-state index contributed by atoms with van der Waals surface area (Å²) in [5.74, 6) is 0.769. The Kier molecular flexibility index (Phi) is 6.62. The van der Waals surface area contributed by atoms with Gasteiger partial charge < -0.3 is 14.5 Å². The van der Waals surface area contributed by atoms with E-state index in [9.17, 15) is 4.79 Å². The highest BCUT2D eigenvalue weighted by atomic mass is 35.5. The maximum Gasteiger partial charge on any atom is 0.264 e. The van der Waals surface area contributed by atoms with Crippen LogP contribution in [-0.4, -0.2) is 22.6 Å². The number of amides is 1. The molecule has 1 aromatic heterocycles. The van der Waals surface area contributed by atoms with E-state index in [2.05, 4.69) is 21.7 Å². The molecule has 168 valence electrons. The lowest BCUT2D eigenvalue weighted by Gasteiger charge is -2.11. The van der Waals surface area contributed by atoms with Crippen LogP contribution in [0.25, 0.3) is 22.6 Å². The maximum atomic E-state index is 12.2. The molecule has 4 rings (SSSR count). The minimum absolute atomic E-state index is 0.161. The maximum absolute atomic E-state index is 12.2. The number of hydrogen-bond donors (Lipinski definition) is 2. The van der Waals surface area contributed by atoms with Crippen molar-refractivity contribution in [1.82, 2.24) is 10.3 Å². The van der Waals surface area contributed by atoms with Gasteiger partial charge in [0.1, 0.15) is 11.3 Å². The Morgan fingerprint density at radius 1 is 1.06 bits per heavy atom. The summed E-state index contributed by atoms with van der Waals surface area (Å²) in [5, 5.41) is 6.37. The normalized spacial score (nSPS) is 10.8. The predicted molar refractivity (Wildman–Crippen MR) is 135 cm³/mol. The molecule has 0 aliphatic carbocycles. The van der Waals surface area contributed by atoms with Crippen molar-refractivity contribution < 1.29 is 13.9 Å². The van der Waals surface area contributed by atoms with Crippen LogP contribution in [0.1, 0.15) is 16.7 Å². The lowest BCUT2D eigenvalue weighted by atomic mass is 10.1. The van der Waals surface area contributed by atoms with Crippen LogP contribution in [0.15, 0.2) is 59.0 Å². The van der Waals surface area contributed by atoms with Gasteiger partial charge in [-0.1, -0.05) is 28.8 Å². The molecule has 3 aromatic carbocycles. The van der Waals surface area contributed by atoms with Crippen LogP contribution in [0.4, 0.5) is 5.69 Å². The van der Waals surface area contributed by atoms with Crippen LogP contribution in [0.3, 0.4) is 0 Å². The number of fused-ring (bicyclic) bond motifs is 1. The van der Waals surface area contributed by atoms with Crippen molar-refractivity contribution in [2.24, 2.45) is 0 Å². The number of carbonyl (C=O) groups is 1. The molecule has 1 amide bonds. The summed E-state index contributed by atoms with van der Waals surface area (Å²) in [6, 6.07) is 16.8. The van der Waals surface area contributed by atoms with Crippen LogP contribution in [0, 0.1) is 20.8 Å². The van der Waals surface area contributed by atoms with Gasteiger partial charge in [0, 0.05) is 16.3 Å². The number of nitrogens with zero attached hydrogens (tertiary/aromatic N) is 1. The van der Waals surface area contributed by atoms with E-state index < -0.39 is 0 Å². The standard InChI is InChI=1S/C25H22ClN3O3S/c1-14-8-15(2)10-17(9-14)24-28-20-12-19(5-7-22(20)32-24)27-25(33)29-23(30)13-31-21-6-4-18(26)11-16(21)3/h4-12H,13H2,1-3H3,(H2,27,29,30,33). The van der Waals surface area contributed by atoms with Crippen molar-refractivity contribution in [3.63, 3.8) is 0 Å². The Morgan fingerprint density at radius 2 is 1.82 bits per heavy atom. The molecule has 4 aromatic rings. The molecule has 6 nitrogen and oxygen atoms in total. The van der Waals surface area contributed by atoms with Gasteiger partial charge in [0.05, 0.1) is 0 Å². The zero-order valence-electron chi connectivity index (χ0n) is 18.4. The number of benzene rings is 3. The third kappa shape index (κ3) is 5.69. The first-order chi connectivity index (χ1) is 15.8. The van der Waals surface area contributed by atoms with Gasteiger partial charge in [-0.15, -0.1) is 0 Å².